The molecule has 1 atom stereocenters. The third-order valence-corrected chi connectivity index (χ3v) is 4.58. The van der Waals surface area contributed by atoms with Gasteiger partial charge < -0.3 is 4.52 Å². The normalized spacial score (nSPS) is 12.7. The molecule has 8 heteroatoms. The first-order chi connectivity index (χ1) is 9.76. The molecule has 1 unspecified atom stereocenters. The standard InChI is InChI=1S/C12H12BrN5OS/c1-2-9(13)10-5-18(17-15-10)6-11-14-12(19-16-11)8-3-4-20-7-8/h3-5,7,9H,2,6H2,1H3. The fourth-order valence-electron chi connectivity index (χ4n) is 1.71. The fourth-order valence-corrected chi connectivity index (χ4v) is 2.55. The molecule has 0 N–H and O–H groups in total. The van der Waals surface area contributed by atoms with E-state index in [1.165, 1.54) is 0 Å². The first kappa shape index (κ1) is 13.4. The first-order valence-electron chi connectivity index (χ1n) is 6.15. The lowest BCUT2D eigenvalue weighted by Crippen LogP contribution is -2.02. The molecule has 0 bridgehead atoms. The number of thiophene rings is 1. The van der Waals surface area contributed by atoms with Crippen molar-refractivity contribution < 1.29 is 4.52 Å². The predicted molar refractivity (Wildman–Crippen MR) is 78.7 cm³/mol. The van der Waals surface area contributed by atoms with E-state index in [2.05, 4.69) is 43.3 Å². The van der Waals surface area contributed by atoms with E-state index in [9.17, 15) is 0 Å². The van der Waals surface area contributed by atoms with E-state index in [4.69, 9.17) is 4.52 Å². The van der Waals surface area contributed by atoms with Crippen LogP contribution in [0.2, 0.25) is 0 Å². The van der Waals surface area contributed by atoms with E-state index in [0.717, 1.165) is 17.7 Å². The zero-order valence-corrected chi connectivity index (χ0v) is 13.1. The van der Waals surface area contributed by atoms with Gasteiger partial charge in [-0.3, -0.25) is 0 Å². The molecule has 0 aromatic carbocycles. The minimum Gasteiger partial charge on any atom is -0.334 e. The van der Waals surface area contributed by atoms with Crippen LogP contribution in [-0.2, 0) is 6.54 Å². The summed E-state index contributed by atoms with van der Waals surface area (Å²) >= 11 is 5.15. The second-order valence-electron chi connectivity index (χ2n) is 4.24. The number of nitrogens with zero attached hydrogens (tertiary/aromatic N) is 5. The van der Waals surface area contributed by atoms with Crippen LogP contribution in [0, 0.1) is 0 Å². The lowest BCUT2D eigenvalue weighted by atomic mass is 10.3. The molecule has 0 fully saturated rings. The summed E-state index contributed by atoms with van der Waals surface area (Å²) in [5.74, 6) is 1.12. The highest BCUT2D eigenvalue weighted by atomic mass is 79.9. The SMILES string of the molecule is CCC(Br)c1cn(Cc2noc(-c3ccsc3)n2)nn1. The molecular weight excluding hydrogens is 342 g/mol. The maximum atomic E-state index is 5.23. The molecule has 0 aliphatic heterocycles. The summed E-state index contributed by atoms with van der Waals surface area (Å²) in [7, 11) is 0. The minimum absolute atomic E-state index is 0.225. The van der Waals surface area contributed by atoms with E-state index in [-0.39, 0.29) is 4.83 Å². The Labute approximate surface area is 127 Å². The second kappa shape index (κ2) is 5.84. The maximum Gasteiger partial charge on any atom is 0.258 e. The van der Waals surface area contributed by atoms with Crippen molar-refractivity contribution in [2.24, 2.45) is 0 Å². The molecule has 0 saturated carbocycles. The van der Waals surface area contributed by atoms with Crippen molar-refractivity contribution in [3.63, 3.8) is 0 Å². The van der Waals surface area contributed by atoms with E-state index >= 15 is 0 Å². The van der Waals surface area contributed by atoms with Gasteiger partial charge >= 0.3 is 0 Å². The van der Waals surface area contributed by atoms with Gasteiger partial charge in [0.05, 0.1) is 22.3 Å². The van der Waals surface area contributed by atoms with Crippen LogP contribution >= 0.6 is 27.3 Å². The summed E-state index contributed by atoms with van der Waals surface area (Å²) in [4.78, 5) is 4.58. The van der Waals surface area contributed by atoms with Crippen molar-refractivity contribution in [1.82, 2.24) is 25.1 Å². The van der Waals surface area contributed by atoms with Gasteiger partial charge in [0.15, 0.2) is 5.82 Å². The molecule has 0 radical (unpaired) electrons. The van der Waals surface area contributed by atoms with Gasteiger partial charge in [0.2, 0.25) is 0 Å². The highest BCUT2D eigenvalue weighted by Crippen LogP contribution is 2.23. The van der Waals surface area contributed by atoms with Gasteiger partial charge in [-0.15, -0.1) is 5.10 Å². The lowest BCUT2D eigenvalue weighted by molar-refractivity contribution is 0.418. The molecule has 3 aromatic rings. The molecule has 3 rings (SSSR count). The molecule has 0 aliphatic carbocycles. The van der Waals surface area contributed by atoms with Gasteiger partial charge in [0.25, 0.3) is 5.89 Å². The predicted octanol–water partition coefficient (Wildman–Crippen LogP) is 3.28. The summed E-state index contributed by atoms with van der Waals surface area (Å²) in [5, 5.41) is 16.1. The van der Waals surface area contributed by atoms with Crippen LogP contribution in [0.25, 0.3) is 11.5 Å². The van der Waals surface area contributed by atoms with Crippen molar-refractivity contribution in [3.8, 4) is 11.5 Å². The maximum absolute atomic E-state index is 5.23. The molecule has 3 heterocycles. The molecular formula is C12H12BrN5OS. The van der Waals surface area contributed by atoms with E-state index in [1.807, 2.05) is 23.0 Å². The summed E-state index contributed by atoms with van der Waals surface area (Å²) in [6.45, 7) is 2.54. The van der Waals surface area contributed by atoms with Crippen molar-refractivity contribution in [2.75, 3.05) is 0 Å². The van der Waals surface area contributed by atoms with Gasteiger partial charge in [0, 0.05) is 5.38 Å². The molecule has 6 nitrogen and oxygen atoms in total. The van der Waals surface area contributed by atoms with Gasteiger partial charge in [0.1, 0.15) is 6.54 Å². The Kier molecular flexibility index (Phi) is 3.93. The highest BCUT2D eigenvalue weighted by molar-refractivity contribution is 9.09. The highest BCUT2D eigenvalue weighted by Gasteiger charge is 2.13. The quantitative estimate of drug-likeness (QED) is 0.658. The average Bonchev–Trinajstić information content (AvgIpc) is 3.19. The Morgan fingerprint density at radius 2 is 2.40 bits per heavy atom. The van der Waals surface area contributed by atoms with Gasteiger partial charge in [-0.25, -0.2) is 4.68 Å². The van der Waals surface area contributed by atoms with Crippen LogP contribution in [-0.4, -0.2) is 25.1 Å². The number of hydrogen-bond acceptors (Lipinski definition) is 6. The van der Waals surface area contributed by atoms with Crippen molar-refractivity contribution in [1.29, 1.82) is 0 Å². The molecule has 3 aromatic heterocycles. The van der Waals surface area contributed by atoms with Crippen LogP contribution in [0.5, 0.6) is 0 Å². The monoisotopic (exact) mass is 353 g/mol. The number of aromatic nitrogens is 5. The molecule has 0 spiro atoms. The zero-order valence-electron chi connectivity index (χ0n) is 10.7. The third kappa shape index (κ3) is 2.80. The van der Waals surface area contributed by atoms with E-state index < -0.39 is 0 Å². The smallest absolute Gasteiger partial charge is 0.258 e. The largest absolute Gasteiger partial charge is 0.334 e. The molecule has 0 saturated heterocycles. The van der Waals surface area contributed by atoms with Crippen molar-refractivity contribution in [3.05, 3.63) is 34.5 Å². The Morgan fingerprint density at radius 3 is 3.15 bits per heavy atom. The van der Waals surface area contributed by atoms with Crippen LogP contribution < -0.4 is 0 Å². The minimum atomic E-state index is 0.225. The Morgan fingerprint density at radius 1 is 1.50 bits per heavy atom. The van der Waals surface area contributed by atoms with E-state index in [1.54, 1.807) is 16.0 Å². The average molecular weight is 354 g/mol. The number of rotatable bonds is 5. The van der Waals surface area contributed by atoms with Gasteiger partial charge in [-0.2, -0.15) is 16.3 Å². The number of hydrogen-bond donors (Lipinski definition) is 0. The van der Waals surface area contributed by atoms with Crippen molar-refractivity contribution in [2.45, 2.75) is 24.7 Å². The second-order valence-corrected chi connectivity index (χ2v) is 6.13. The van der Waals surface area contributed by atoms with Gasteiger partial charge in [-0.05, 0) is 17.9 Å². The summed E-state index contributed by atoms with van der Waals surface area (Å²) in [5.41, 5.74) is 1.86. The lowest BCUT2D eigenvalue weighted by Gasteiger charge is -1.98. The Hall–Kier alpha value is -1.54. The number of halogens is 1. The molecule has 0 aliphatic rings. The molecule has 104 valence electrons. The number of alkyl halides is 1. The van der Waals surface area contributed by atoms with Crippen LogP contribution in [0.1, 0.15) is 29.7 Å². The Bertz CT molecular complexity index is 678. The van der Waals surface area contributed by atoms with E-state index in [0.29, 0.717) is 18.3 Å². The summed E-state index contributed by atoms with van der Waals surface area (Å²) < 4.78 is 6.94. The zero-order chi connectivity index (χ0) is 13.9. The van der Waals surface area contributed by atoms with Crippen LogP contribution in [0.4, 0.5) is 0 Å². The first-order valence-corrected chi connectivity index (χ1v) is 8.01. The topological polar surface area (TPSA) is 69.6 Å². The molecule has 20 heavy (non-hydrogen) atoms. The van der Waals surface area contributed by atoms with Crippen molar-refractivity contribution >= 4 is 27.3 Å². The van der Waals surface area contributed by atoms with Gasteiger partial charge in [-0.1, -0.05) is 33.2 Å². The van der Waals surface area contributed by atoms with Crippen LogP contribution in [0.15, 0.2) is 27.5 Å². The molecule has 0 amide bonds. The van der Waals surface area contributed by atoms with Crippen LogP contribution in [0.3, 0.4) is 0 Å². The summed E-state index contributed by atoms with van der Waals surface area (Å²) in [6.07, 6.45) is 2.85. The summed E-state index contributed by atoms with van der Waals surface area (Å²) in [6, 6.07) is 1.95. The Balaban J connectivity index is 1.73. The third-order valence-electron chi connectivity index (χ3n) is 2.78. The fraction of sp³-hybridized carbons (Fsp3) is 0.333.